The van der Waals surface area contributed by atoms with Crippen LogP contribution in [-0.2, 0) is 4.74 Å². The lowest BCUT2D eigenvalue weighted by atomic mass is 10.0. The fourth-order valence-electron chi connectivity index (χ4n) is 2.07. The molecule has 2 N–H and O–H groups in total. The maximum absolute atomic E-state index is 12.3. The molecule has 1 heterocycles. The third-order valence-corrected chi connectivity index (χ3v) is 3.13. The van der Waals surface area contributed by atoms with E-state index in [4.69, 9.17) is 10.5 Å². The van der Waals surface area contributed by atoms with Crippen molar-refractivity contribution in [3.05, 3.63) is 34.9 Å². The summed E-state index contributed by atoms with van der Waals surface area (Å²) in [5.41, 5.74) is 6.85. The van der Waals surface area contributed by atoms with E-state index >= 15 is 0 Å². The van der Waals surface area contributed by atoms with Crippen LogP contribution < -0.4 is 5.73 Å². The average Bonchev–Trinajstić information content (AvgIpc) is 2.39. The number of carbonyl (C=O) groups excluding carboxylic acids is 2. The van der Waals surface area contributed by atoms with Gasteiger partial charge in [-0.05, 0) is 24.6 Å². The van der Waals surface area contributed by atoms with Crippen molar-refractivity contribution in [1.82, 2.24) is 4.90 Å². The van der Waals surface area contributed by atoms with Crippen LogP contribution in [0, 0.1) is 6.92 Å². The van der Waals surface area contributed by atoms with Crippen molar-refractivity contribution < 1.29 is 14.3 Å². The lowest BCUT2D eigenvalue weighted by molar-refractivity contribution is 0.0302. The van der Waals surface area contributed by atoms with Crippen LogP contribution in [0.4, 0.5) is 0 Å². The van der Waals surface area contributed by atoms with Crippen LogP contribution in [0.5, 0.6) is 0 Å². The molecule has 5 heteroatoms. The summed E-state index contributed by atoms with van der Waals surface area (Å²) in [5.74, 6) is -0.581. The van der Waals surface area contributed by atoms with Crippen molar-refractivity contribution in [2.75, 3.05) is 26.3 Å². The maximum Gasteiger partial charge on any atom is 0.254 e. The average molecular weight is 248 g/mol. The summed E-state index contributed by atoms with van der Waals surface area (Å²) < 4.78 is 5.21. The van der Waals surface area contributed by atoms with Crippen LogP contribution >= 0.6 is 0 Å². The first-order valence-corrected chi connectivity index (χ1v) is 5.87. The molecule has 18 heavy (non-hydrogen) atoms. The lowest BCUT2D eigenvalue weighted by Gasteiger charge is -2.27. The molecule has 1 aromatic carbocycles. The highest BCUT2D eigenvalue weighted by Crippen LogP contribution is 2.16. The molecule has 0 bridgehead atoms. The van der Waals surface area contributed by atoms with Gasteiger partial charge in [-0.25, -0.2) is 0 Å². The van der Waals surface area contributed by atoms with Crippen molar-refractivity contribution in [2.24, 2.45) is 5.73 Å². The van der Waals surface area contributed by atoms with Crippen LogP contribution in [0.15, 0.2) is 18.2 Å². The molecule has 0 aromatic heterocycles. The topological polar surface area (TPSA) is 72.6 Å². The number of amides is 2. The summed E-state index contributed by atoms with van der Waals surface area (Å²) in [6.45, 7) is 4.02. The van der Waals surface area contributed by atoms with E-state index in [-0.39, 0.29) is 5.91 Å². The summed E-state index contributed by atoms with van der Waals surface area (Å²) in [6.07, 6.45) is 0. The van der Waals surface area contributed by atoms with E-state index in [2.05, 4.69) is 0 Å². The van der Waals surface area contributed by atoms with Crippen LogP contribution in [0.3, 0.4) is 0 Å². The minimum absolute atomic E-state index is 0.0705. The van der Waals surface area contributed by atoms with E-state index in [1.165, 1.54) is 0 Å². The maximum atomic E-state index is 12.3. The number of ether oxygens (including phenoxy) is 1. The molecular formula is C13H16N2O3. The highest BCUT2D eigenvalue weighted by Gasteiger charge is 2.21. The lowest BCUT2D eigenvalue weighted by Crippen LogP contribution is -2.41. The monoisotopic (exact) mass is 248 g/mol. The highest BCUT2D eigenvalue weighted by molar-refractivity contribution is 6.01. The van der Waals surface area contributed by atoms with Gasteiger partial charge in [0.1, 0.15) is 0 Å². The van der Waals surface area contributed by atoms with Crippen LogP contribution in [0.2, 0.25) is 0 Å². The summed E-state index contributed by atoms with van der Waals surface area (Å²) in [7, 11) is 0. The van der Waals surface area contributed by atoms with Gasteiger partial charge in [-0.2, -0.15) is 0 Å². The van der Waals surface area contributed by atoms with Gasteiger partial charge in [0.15, 0.2) is 0 Å². The zero-order valence-corrected chi connectivity index (χ0v) is 10.3. The Bertz CT molecular complexity index is 479. The zero-order chi connectivity index (χ0) is 13.1. The van der Waals surface area contributed by atoms with E-state index in [0.29, 0.717) is 43.0 Å². The number of rotatable bonds is 2. The number of primary amides is 1. The molecule has 0 radical (unpaired) electrons. The normalized spacial score (nSPS) is 15.5. The number of nitrogens with zero attached hydrogens (tertiary/aromatic N) is 1. The molecule has 2 rings (SSSR count). The van der Waals surface area contributed by atoms with Gasteiger partial charge in [0.2, 0.25) is 5.91 Å². The van der Waals surface area contributed by atoms with Crippen molar-refractivity contribution in [3.8, 4) is 0 Å². The minimum atomic E-state index is -0.510. The minimum Gasteiger partial charge on any atom is -0.378 e. The van der Waals surface area contributed by atoms with Gasteiger partial charge in [0.25, 0.3) is 5.91 Å². The summed E-state index contributed by atoms with van der Waals surface area (Å²) in [6, 6.07) is 5.04. The van der Waals surface area contributed by atoms with Crippen molar-refractivity contribution in [2.45, 2.75) is 6.92 Å². The smallest absolute Gasteiger partial charge is 0.254 e. The standard InChI is InChI=1S/C13H16N2O3/c1-9-10(12(14)16)3-2-4-11(9)13(17)15-5-7-18-8-6-15/h2-4H,5-8H2,1H3,(H2,14,16). The quantitative estimate of drug-likeness (QED) is 0.831. The largest absolute Gasteiger partial charge is 0.378 e. The number of carbonyl (C=O) groups is 2. The first-order chi connectivity index (χ1) is 8.61. The molecule has 0 aliphatic carbocycles. The molecule has 5 nitrogen and oxygen atoms in total. The second-order valence-corrected chi connectivity index (χ2v) is 4.25. The molecule has 1 aromatic rings. The second kappa shape index (κ2) is 5.18. The number of hydrogen-bond donors (Lipinski definition) is 1. The van der Waals surface area contributed by atoms with Crippen molar-refractivity contribution >= 4 is 11.8 Å². The molecule has 1 saturated heterocycles. The Kier molecular flexibility index (Phi) is 3.62. The van der Waals surface area contributed by atoms with Gasteiger partial charge < -0.3 is 15.4 Å². The number of morpholine rings is 1. The van der Waals surface area contributed by atoms with Gasteiger partial charge >= 0.3 is 0 Å². The third-order valence-electron chi connectivity index (χ3n) is 3.13. The Balaban J connectivity index is 2.30. The van der Waals surface area contributed by atoms with E-state index in [9.17, 15) is 9.59 Å². The molecule has 1 aliphatic rings. The SMILES string of the molecule is Cc1c(C(N)=O)cccc1C(=O)N1CCOCC1. The van der Waals surface area contributed by atoms with Crippen LogP contribution in [-0.4, -0.2) is 43.0 Å². The molecule has 2 amide bonds. The van der Waals surface area contributed by atoms with Gasteiger partial charge in [-0.15, -0.1) is 0 Å². The third kappa shape index (κ3) is 2.36. The second-order valence-electron chi connectivity index (χ2n) is 4.25. The Morgan fingerprint density at radius 1 is 1.22 bits per heavy atom. The molecular weight excluding hydrogens is 232 g/mol. The Morgan fingerprint density at radius 2 is 1.83 bits per heavy atom. The predicted molar refractivity (Wildman–Crippen MR) is 66.4 cm³/mol. The van der Waals surface area contributed by atoms with E-state index in [0.717, 1.165) is 0 Å². The molecule has 0 saturated carbocycles. The Labute approximate surface area is 106 Å². The van der Waals surface area contributed by atoms with Crippen LogP contribution in [0.25, 0.3) is 0 Å². The molecule has 0 atom stereocenters. The van der Waals surface area contributed by atoms with Crippen LogP contribution in [0.1, 0.15) is 26.3 Å². The Morgan fingerprint density at radius 3 is 2.44 bits per heavy atom. The summed E-state index contributed by atoms with van der Waals surface area (Å²) in [4.78, 5) is 25.3. The first-order valence-electron chi connectivity index (χ1n) is 5.87. The number of hydrogen-bond acceptors (Lipinski definition) is 3. The van der Waals surface area contributed by atoms with Gasteiger partial charge in [0, 0.05) is 24.2 Å². The first kappa shape index (κ1) is 12.6. The predicted octanol–water partition coefficient (Wildman–Crippen LogP) is 0.566. The number of benzene rings is 1. The summed E-state index contributed by atoms with van der Waals surface area (Å²) in [5, 5.41) is 0. The zero-order valence-electron chi connectivity index (χ0n) is 10.3. The van der Waals surface area contributed by atoms with Crippen molar-refractivity contribution in [3.63, 3.8) is 0 Å². The van der Waals surface area contributed by atoms with Gasteiger partial charge in [-0.3, -0.25) is 9.59 Å². The molecule has 96 valence electrons. The molecule has 0 spiro atoms. The fraction of sp³-hybridized carbons (Fsp3) is 0.385. The molecule has 1 aliphatic heterocycles. The van der Waals surface area contributed by atoms with Crippen molar-refractivity contribution in [1.29, 1.82) is 0 Å². The van der Waals surface area contributed by atoms with Gasteiger partial charge in [-0.1, -0.05) is 6.07 Å². The molecule has 1 fully saturated rings. The van der Waals surface area contributed by atoms with Gasteiger partial charge in [0.05, 0.1) is 13.2 Å². The fourth-order valence-corrected chi connectivity index (χ4v) is 2.07. The van der Waals surface area contributed by atoms with E-state index < -0.39 is 5.91 Å². The summed E-state index contributed by atoms with van der Waals surface area (Å²) >= 11 is 0. The molecule has 0 unspecified atom stereocenters. The number of nitrogens with two attached hydrogens (primary N) is 1. The Hall–Kier alpha value is -1.88. The van der Waals surface area contributed by atoms with E-state index in [1.807, 2.05) is 0 Å². The highest BCUT2D eigenvalue weighted by atomic mass is 16.5. The van der Waals surface area contributed by atoms with E-state index in [1.54, 1.807) is 30.0 Å².